The predicted molar refractivity (Wildman–Crippen MR) is 182 cm³/mol. The number of sulfonamides is 1. The van der Waals surface area contributed by atoms with Crippen LogP contribution in [0.1, 0.15) is 52.9 Å². The molecule has 0 amide bonds. The maximum atomic E-state index is 14.3. The highest BCUT2D eigenvalue weighted by Crippen LogP contribution is 2.47. The molecule has 20 heteroatoms. The van der Waals surface area contributed by atoms with Crippen LogP contribution in [0.3, 0.4) is 0 Å². The first kappa shape index (κ1) is 37.8. The highest BCUT2D eigenvalue weighted by Gasteiger charge is 2.53. The topological polar surface area (TPSA) is 243 Å². The van der Waals surface area contributed by atoms with Gasteiger partial charge in [-0.2, -0.15) is 15.1 Å². The summed E-state index contributed by atoms with van der Waals surface area (Å²) in [5.41, 5.74) is 2.99. The average Bonchev–Trinajstić information content (AvgIpc) is 3.52. The molecule has 2 aliphatic rings. The quantitative estimate of drug-likeness (QED) is 0.0896. The van der Waals surface area contributed by atoms with Crippen molar-refractivity contribution in [1.29, 1.82) is 0 Å². The number of hydrazine groups is 1. The van der Waals surface area contributed by atoms with E-state index in [9.17, 15) is 28.0 Å². The molecule has 2 fully saturated rings. The van der Waals surface area contributed by atoms with E-state index in [2.05, 4.69) is 24.9 Å². The number of benzene rings is 1. The number of carbonyl (C=O) groups excluding carboxylic acids is 1. The third kappa shape index (κ3) is 8.89. The molecule has 5 atom stereocenters. The van der Waals surface area contributed by atoms with Gasteiger partial charge in [-0.15, -0.1) is 4.83 Å². The van der Waals surface area contributed by atoms with E-state index < -0.39 is 59.8 Å². The number of rotatable bonds is 14. The number of para-hydroxylation sites is 1. The standard InChI is InChI=1S/C30H45N8O10PS/c1-29(2,27(40)46-19-12-8-6-9-13-19)35-49(42,48-20-14-10-7-11-15-20)45-17-21-24(39)30(3,41)22(47-21)16-38-18-32-23-25(33-28(31)34-26(23)38)37(4)36-50(5,43)44/h7,10-11,14-15,18-19,21-22,24,36,39,41H,6,8-9,12-13,16-17H2,1-5H3,(H,35,42)(H2,31,33,34)/t21?,22?,24-,30+,49?/m1/s1. The van der Waals surface area contributed by atoms with Crippen molar-refractivity contribution in [3.8, 4) is 5.75 Å². The molecule has 3 aromatic rings. The fraction of sp³-hybridized carbons (Fsp3) is 0.600. The summed E-state index contributed by atoms with van der Waals surface area (Å²) in [6.45, 7) is 3.80. The van der Waals surface area contributed by atoms with Gasteiger partial charge in [-0.05, 0) is 58.6 Å². The van der Waals surface area contributed by atoms with Gasteiger partial charge in [0, 0.05) is 7.05 Å². The van der Waals surface area contributed by atoms with Gasteiger partial charge in [0.2, 0.25) is 16.0 Å². The van der Waals surface area contributed by atoms with Gasteiger partial charge in [0.25, 0.3) is 0 Å². The number of aromatic nitrogens is 4. The number of hydrogen-bond donors (Lipinski definition) is 5. The number of hydrogen-bond acceptors (Lipinski definition) is 15. The van der Waals surface area contributed by atoms with E-state index in [-0.39, 0.29) is 41.3 Å². The number of nitrogens with two attached hydrogens (primary N) is 1. The fourth-order valence-corrected chi connectivity index (χ4v) is 8.14. The second-order valence-electron chi connectivity index (χ2n) is 13.3. The maximum absolute atomic E-state index is 14.3. The molecule has 5 rings (SSSR count). The number of nitrogen functional groups attached to an aromatic ring is 1. The number of ether oxygens (including phenoxy) is 2. The summed E-state index contributed by atoms with van der Waals surface area (Å²) < 4.78 is 62.8. The number of esters is 1. The van der Waals surface area contributed by atoms with Crippen LogP contribution in [-0.4, -0.2) is 99.6 Å². The first-order valence-electron chi connectivity index (χ1n) is 16.1. The van der Waals surface area contributed by atoms with Crippen molar-refractivity contribution < 1.29 is 46.5 Å². The number of nitrogens with zero attached hydrogens (tertiary/aromatic N) is 5. The molecule has 0 bridgehead atoms. The minimum absolute atomic E-state index is 0.0781. The summed E-state index contributed by atoms with van der Waals surface area (Å²) in [7, 11) is -6.59. The Morgan fingerprint density at radius 2 is 1.90 bits per heavy atom. The average molecular weight is 741 g/mol. The molecule has 6 N–H and O–H groups in total. The molecule has 0 spiro atoms. The van der Waals surface area contributed by atoms with Crippen molar-refractivity contribution in [2.45, 2.75) is 95.0 Å². The van der Waals surface area contributed by atoms with Gasteiger partial charge in [-0.25, -0.2) is 18.0 Å². The first-order valence-corrected chi connectivity index (χ1v) is 19.6. The molecule has 2 aromatic heterocycles. The summed E-state index contributed by atoms with van der Waals surface area (Å²) in [6.07, 6.45) is 2.84. The number of aliphatic hydroxyl groups is 2. The molecule has 1 saturated heterocycles. The maximum Gasteiger partial charge on any atom is 0.459 e. The van der Waals surface area contributed by atoms with Gasteiger partial charge in [-0.3, -0.25) is 14.3 Å². The van der Waals surface area contributed by atoms with Crippen LogP contribution in [0.4, 0.5) is 11.8 Å². The van der Waals surface area contributed by atoms with Gasteiger partial charge in [0.05, 0.1) is 25.7 Å². The lowest BCUT2D eigenvalue weighted by Crippen LogP contribution is -2.49. The molecule has 1 aliphatic carbocycles. The summed E-state index contributed by atoms with van der Waals surface area (Å²) >= 11 is 0. The van der Waals surface area contributed by atoms with E-state index in [0.29, 0.717) is 0 Å². The molecule has 50 heavy (non-hydrogen) atoms. The molecule has 18 nitrogen and oxygen atoms in total. The zero-order valence-electron chi connectivity index (χ0n) is 28.6. The predicted octanol–water partition coefficient (Wildman–Crippen LogP) is 1.64. The lowest BCUT2D eigenvalue weighted by atomic mass is 9.93. The molecule has 3 unspecified atom stereocenters. The molecular weight excluding hydrogens is 695 g/mol. The van der Waals surface area contributed by atoms with E-state index in [0.717, 1.165) is 43.4 Å². The summed E-state index contributed by atoms with van der Waals surface area (Å²) in [6, 6.07) is 8.24. The Bertz CT molecular complexity index is 1820. The first-order chi connectivity index (χ1) is 23.4. The number of anilines is 2. The molecule has 1 aliphatic heterocycles. The van der Waals surface area contributed by atoms with E-state index in [4.69, 9.17) is 24.3 Å². The molecule has 3 heterocycles. The molecule has 276 valence electrons. The van der Waals surface area contributed by atoms with Crippen LogP contribution in [0.25, 0.3) is 11.2 Å². The highest BCUT2D eigenvalue weighted by atomic mass is 32.2. The van der Waals surface area contributed by atoms with Gasteiger partial charge in [-0.1, -0.05) is 24.6 Å². The molecule has 1 aromatic carbocycles. The van der Waals surface area contributed by atoms with E-state index in [1.807, 2.05) is 0 Å². The van der Waals surface area contributed by atoms with E-state index in [1.54, 1.807) is 30.3 Å². The molecule has 0 radical (unpaired) electrons. The van der Waals surface area contributed by atoms with E-state index >= 15 is 0 Å². The van der Waals surface area contributed by atoms with Crippen molar-refractivity contribution in [2.75, 3.05) is 30.7 Å². The van der Waals surface area contributed by atoms with Crippen LogP contribution in [0, 0.1) is 0 Å². The summed E-state index contributed by atoms with van der Waals surface area (Å²) in [5, 5.41) is 26.4. The van der Waals surface area contributed by atoms with Crippen molar-refractivity contribution in [3.05, 3.63) is 36.7 Å². The smallest absolute Gasteiger partial charge is 0.459 e. The Balaban J connectivity index is 1.32. The minimum Gasteiger partial charge on any atom is -0.461 e. The third-order valence-corrected chi connectivity index (χ3v) is 10.9. The fourth-order valence-electron chi connectivity index (χ4n) is 5.87. The number of carbonyl (C=O) groups is 1. The highest BCUT2D eigenvalue weighted by molar-refractivity contribution is 7.88. The van der Waals surface area contributed by atoms with Crippen molar-refractivity contribution >= 4 is 46.7 Å². The van der Waals surface area contributed by atoms with Crippen LogP contribution in [0.15, 0.2) is 36.7 Å². The van der Waals surface area contributed by atoms with Crippen molar-refractivity contribution in [2.24, 2.45) is 0 Å². The number of aliphatic hydroxyl groups excluding tert-OH is 1. The zero-order valence-corrected chi connectivity index (χ0v) is 30.3. The van der Waals surface area contributed by atoms with Crippen LogP contribution in [-0.2, 0) is 39.9 Å². The number of fused-ring (bicyclic) bond motifs is 1. The van der Waals surface area contributed by atoms with Gasteiger partial charge < -0.3 is 34.5 Å². The van der Waals surface area contributed by atoms with Crippen LogP contribution < -0.4 is 25.2 Å². The summed E-state index contributed by atoms with van der Waals surface area (Å²) in [4.78, 5) is 28.1. The Hall–Kier alpha value is -3.42. The van der Waals surface area contributed by atoms with Crippen LogP contribution in [0.2, 0.25) is 0 Å². The monoisotopic (exact) mass is 740 g/mol. The normalized spacial score (nSPS) is 24.6. The van der Waals surface area contributed by atoms with Gasteiger partial charge >= 0.3 is 13.7 Å². The van der Waals surface area contributed by atoms with E-state index in [1.165, 1.54) is 38.7 Å². The van der Waals surface area contributed by atoms with Crippen LogP contribution in [0.5, 0.6) is 5.75 Å². The van der Waals surface area contributed by atoms with Crippen molar-refractivity contribution in [3.63, 3.8) is 0 Å². The molecule has 1 saturated carbocycles. The number of imidazole rings is 1. The zero-order chi connectivity index (χ0) is 36.5. The Kier molecular flexibility index (Phi) is 11.1. The lowest BCUT2D eigenvalue weighted by molar-refractivity contribution is -0.156. The Morgan fingerprint density at radius 1 is 1.22 bits per heavy atom. The lowest BCUT2D eigenvalue weighted by Gasteiger charge is -2.32. The summed E-state index contributed by atoms with van der Waals surface area (Å²) in [5.74, 6) is -0.519. The Labute approximate surface area is 290 Å². The van der Waals surface area contributed by atoms with Crippen molar-refractivity contribution in [1.82, 2.24) is 29.4 Å². The SMILES string of the molecule is CN(NS(C)(=O)=O)c1nc(N)nc2c1ncn2CC1OC(COP(=O)(NC(C)(C)C(=O)OC2CCCCC2)Oc2ccccc2)[C@@H](O)[C@@]1(C)O. The van der Waals surface area contributed by atoms with Crippen LogP contribution >= 0.6 is 7.75 Å². The largest absolute Gasteiger partial charge is 0.461 e. The second kappa shape index (κ2) is 14.7. The van der Waals surface area contributed by atoms with Gasteiger partial charge in [0.1, 0.15) is 41.3 Å². The number of nitrogens with one attached hydrogen (secondary N) is 2. The molecular formula is C30H45N8O10PS. The third-order valence-electron chi connectivity index (χ3n) is 8.52. The minimum atomic E-state index is -4.36. The van der Waals surface area contributed by atoms with Gasteiger partial charge in [0.15, 0.2) is 17.0 Å². The second-order valence-corrected chi connectivity index (χ2v) is 16.7. The Morgan fingerprint density at radius 3 is 2.56 bits per heavy atom.